The minimum absolute atomic E-state index is 0.278. The topological polar surface area (TPSA) is 70.6 Å². The molecule has 0 spiro atoms. The maximum Gasteiger partial charge on any atom is 0.407 e. The van der Waals surface area contributed by atoms with Crippen LogP contribution in [0.4, 0.5) is 4.79 Å². The SMILES string of the molecule is CC(C)(C)OC(=O)NCCCNCCCCCO. The smallest absolute Gasteiger partial charge is 0.407 e. The lowest BCUT2D eigenvalue weighted by molar-refractivity contribution is 0.0527. The summed E-state index contributed by atoms with van der Waals surface area (Å²) in [6, 6.07) is 0. The summed E-state index contributed by atoms with van der Waals surface area (Å²) in [5.74, 6) is 0. The summed E-state index contributed by atoms with van der Waals surface area (Å²) >= 11 is 0. The molecule has 1 amide bonds. The van der Waals surface area contributed by atoms with Crippen molar-refractivity contribution in [1.82, 2.24) is 10.6 Å². The number of carbonyl (C=O) groups excluding carboxylic acids is 1. The molecule has 0 aliphatic heterocycles. The Morgan fingerprint density at radius 3 is 2.33 bits per heavy atom. The number of alkyl carbamates (subject to hydrolysis) is 1. The Morgan fingerprint density at radius 1 is 1.06 bits per heavy atom. The first-order chi connectivity index (χ1) is 8.45. The number of rotatable bonds is 9. The number of carbonyl (C=O) groups is 1. The summed E-state index contributed by atoms with van der Waals surface area (Å²) in [6.07, 6.45) is 3.55. The average molecular weight is 260 g/mol. The summed E-state index contributed by atoms with van der Waals surface area (Å²) in [4.78, 5) is 11.3. The minimum Gasteiger partial charge on any atom is -0.444 e. The third kappa shape index (κ3) is 13.3. The molecule has 0 aromatic carbocycles. The summed E-state index contributed by atoms with van der Waals surface area (Å²) < 4.78 is 5.12. The molecule has 0 heterocycles. The Bertz CT molecular complexity index is 215. The summed E-state index contributed by atoms with van der Waals surface area (Å²) in [5, 5.41) is 14.6. The van der Waals surface area contributed by atoms with Crippen molar-refractivity contribution in [2.45, 2.75) is 52.1 Å². The first-order valence-electron chi connectivity index (χ1n) is 6.74. The molecule has 0 aromatic rings. The fourth-order valence-electron chi connectivity index (χ4n) is 1.38. The van der Waals surface area contributed by atoms with Crippen LogP contribution in [0.25, 0.3) is 0 Å². The van der Waals surface area contributed by atoms with Gasteiger partial charge in [-0.3, -0.25) is 0 Å². The highest BCUT2D eigenvalue weighted by atomic mass is 16.6. The first kappa shape index (κ1) is 17.2. The largest absolute Gasteiger partial charge is 0.444 e. The molecular weight excluding hydrogens is 232 g/mol. The zero-order valence-electron chi connectivity index (χ0n) is 11.9. The van der Waals surface area contributed by atoms with Gasteiger partial charge in [0.05, 0.1) is 0 Å². The van der Waals surface area contributed by atoms with Gasteiger partial charge in [0, 0.05) is 13.2 Å². The van der Waals surface area contributed by atoms with E-state index in [0.717, 1.165) is 38.8 Å². The fraction of sp³-hybridized carbons (Fsp3) is 0.923. The molecular formula is C13H28N2O3. The average Bonchev–Trinajstić information content (AvgIpc) is 2.24. The lowest BCUT2D eigenvalue weighted by atomic mass is 10.2. The van der Waals surface area contributed by atoms with Gasteiger partial charge in [0.25, 0.3) is 0 Å². The van der Waals surface area contributed by atoms with E-state index < -0.39 is 5.60 Å². The molecule has 0 aliphatic carbocycles. The van der Waals surface area contributed by atoms with Gasteiger partial charge >= 0.3 is 6.09 Å². The van der Waals surface area contributed by atoms with Crippen molar-refractivity contribution in [3.63, 3.8) is 0 Å². The van der Waals surface area contributed by atoms with Crippen molar-refractivity contribution < 1.29 is 14.6 Å². The second kappa shape index (κ2) is 10.1. The second-order valence-electron chi connectivity index (χ2n) is 5.32. The Hall–Kier alpha value is -0.810. The van der Waals surface area contributed by atoms with Gasteiger partial charge in [-0.25, -0.2) is 4.79 Å². The van der Waals surface area contributed by atoms with E-state index in [2.05, 4.69) is 10.6 Å². The number of unbranched alkanes of at least 4 members (excludes halogenated alkanes) is 2. The molecule has 0 saturated heterocycles. The lowest BCUT2D eigenvalue weighted by Gasteiger charge is -2.19. The van der Waals surface area contributed by atoms with E-state index in [4.69, 9.17) is 9.84 Å². The van der Waals surface area contributed by atoms with Gasteiger partial charge in [0.15, 0.2) is 0 Å². The van der Waals surface area contributed by atoms with Gasteiger partial charge in [0.2, 0.25) is 0 Å². The van der Waals surface area contributed by atoms with Gasteiger partial charge in [0.1, 0.15) is 5.60 Å². The third-order valence-electron chi connectivity index (χ3n) is 2.21. The lowest BCUT2D eigenvalue weighted by Crippen LogP contribution is -2.34. The molecule has 108 valence electrons. The fourth-order valence-corrected chi connectivity index (χ4v) is 1.38. The van der Waals surface area contributed by atoms with E-state index in [1.54, 1.807) is 0 Å². The Labute approximate surface area is 110 Å². The highest BCUT2D eigenvalue weighted by molar-refractivity contribution is 5.67. The molecule has 0 rings (SSSR count). The second-order valence-corrected chi connectivity index (χ2v) is 5.32. The van der Waals surface area contributed by atoms with Crippen LogP contribution in [0.3, 0.4) is 0 Å². The molecule has 0 aliphatic rings. The van der Waals surface area contributed by atoms with E-state index in [9.17, 15) is 4.79 Å². The highest BCUT2D eigenvalue weighted by Crippen LogP contribution is 2.06. The molecule has 0 saturated carbocycles. The molecule has 0 fully saturated rings. The van der Waals surface area contributed by atoms with Gasteiger partial charge in [-0.2, -0.15) is 0 Å². The van der Waals surface area contributed by atoms with Crippen LogP contribution in [0.1, 0.15) is 46.5 Å². The zero-order valence-corrected chi connectivity index (χ0v) is 11.9. The normalized spacial score (nSPS) is 11.3. The van der Waals surface area contributed by atoms with Crippen LogP contribution < -0.4 is 10.6 Å². The Morgan fingerprint density at radius 2 is 1.72 bits per heavy atom. The van der Waals surface area contributed by atoms with Crippen LogP contribution in [0.15, 0.2) is 0 Å². The van der Waals surface area contributed by atoms with Crippen molar-refractivity contribution in [2.24, 2.45) is 0 Å². The first-order valence-corrected chi connectivity index (χ1v) is 6.74. The number of hydrogen-bond acceptors (Lipinski definition) is 4. The van der Waals surface area contributed by atoms with Crippen molar-refractivity contribution in [3.05, 3.63) is 0 Å². The standard InChI is InChI=1S/C13H28N2O3/c1-13(2,3)18-12(17)15-10-7-9-14-8-5-4-6-11-16/h14,16H,4-11H2,1-3H3,(H,15,17). The van der Waals surface area contributed by atoms with Crippen LogP contribution in [0, 0.1) is 0 Å². The van der Waals surface area contributed by atoms with Crippen LogP contribution in [0.2, 0.25) is 0 Å². The number of hydrogen-bond donors (Lipinski definition) is 3. The Kier molecular flexibility index (Phi) is 9.69. The summed E-state index contributed by atoms with van der Waals surface area (Å²) in [5.41, 5.74) is -0.435. The molecule has 0 radical (unpaired) electrons. The summed E-state index contributed by atoms with van der Waals surface area (Å²) in [7, 11) is 0. The number of aliphatic hydroxyl groups excluding tert-OH is 1. The van der Waals surface area contributed by atoms with E-state index in [-0.39, 0.29) is 12.7 Å². The van der Waals surface area contributed by atoms with Gasteiger partial charge in [-0.1, -0.05) is 0 Å². The third-order valence-corrected chi connectivity index (χ3v) is 2.21. The molecule has 0 bridgehead atoms. The van der Waals surface area contributed by atoms with E-state index in [1.165, 1.54) is 0 Å². The van der Waals surface area contributed by atoms with Crippen molar-refractivity contribution >= 4 is 6.09 Å². The number of ether oxygens (including phenoxy) is 1. The van der Waals surface area contributed by atoms with Crippen LogP contribution in [-0.4, -0.2) is 43.0 Å². The van der Waals surface area contributed by atoms with Crippen molar-refractivity contribution in [1.29, 1.82) is 0 Å². The Balaban J connectivity index is 3.23. The quantitative estimate of drug-likeness (QED) is 0.551. The maximum atomic E-state index is 11.3. The van der Waals surface area contributed by atoms with Gasteiger partial charge < -0.3 is 20.5 Å². The van der Waals surface area contributed by atoms with Crippen LogP contribution >= 0.6 is 0 Å². The molecule has 3 N–H and O–H groups in total. The van der Waals surface area contributed by atoms with Crippen LogP contribution in [-0.2, 0) is 4.74 Å². The van der Waals surface area contributed by atoms with Gasteiger partial charge in [-0.05, 0) is 59.5 Å². The minimum atomic E-state index is -0.435. The molecule has 5 heteroatoms. The molecule has 5 nitrogen and oxygen atoms in total. The predicted octanol–water partition coefficient (Wildman–Crippen LogP) is 1.65. The highest BCUT2D eigenvalue weighted by Gasteiger charge is 2.15. The molecule has 18 heavy (non-hydrogen) atoms. The maximum absolute atomic E-state index is 11.3. The molecule has 0 aromatic heterocycles. The van der Waals surface area contributed by atoms with E-state index >= 15 is 0 Å². The zero-order chi connectivity index (χ0) is 13.9. The molecule has 0 unspecified atom stereocenters. The monoisotopic (exact) mass is 260 g/mol. The number of nitrogens with one attached hydrogen (secondary N) is 2. The van der Waals surface area contributed by atoms with Crippen molar-refractivity contribution in [2.75, 3.05) is 26.2 Å². The van der Waals surface area contributed by atoms with Crippen molar-refractivity contribution in [3.8, 4) is 0 Å². The van der Waals surface area contributed by atoms with Crippen LogP contribution in [0.5, 0.6) is 0 Å². The van der Waals surface area contributed by atoms with E-state index in [0.29, 0.717) is 6.54 Å². The van der Waals surface area contributed by atoms with E-state index in [1.807, 2.05) is 20.8 Å². The number of aliphatic hydroxyl groups is 1. The predicted molar refractivity (Wildman–Crippen MR) is 72.7 cm³/mol. The number of amides is 1. The van der Waals surface area contributed by atoms with Gasteiger partial charge in [-0.15, -0.1) is 0 Å². The summed E-state index contributed by atoms with van der Waals surface area (Å²) in [6.45, 7) is 8.29. The molecule has 0 atom stereocenters.